The summed E-state index contributed by atoms with van der Waals surface area (Å²) in [7, 11) is 0. The summed E-state index contributed by atoms with van der Waals surface area (Å²) in [5.41, 5.74) is 4.29. The second kappa shape index (κ2) is 11.3. The van der Waals surface area contributed by atoms with E-state index in [1.807, 2.05) is 37.3 Å². The summed E-state index contributed by atoms with van der Waals surface area (Å²) < 4.78 is 6.13. The van der Waals surface area contributed by atoms with Crippen LogP contribution in [-0.4, -0.2) is 29.8 Å². The van der Waals surface area contributed by atoms with Crippen molar-refractivity contribution in [3.8, 4) is 0 Å². The first-order valence-corrected chi connectivity index (χ1v) is 10.6. The number of carbonyl (C=O) groups excluding carboxylic acids is 1. The minimum atomic E-state index is -0.128. The molecule has 1 saturated carbocycles. The Balaban J connectivity index is 1.36. The zero-order valence-electron chi connectivity index (χ0n) is 17.6. The van der Waals surface area contributed by atoms with Crippen LogP contribution in [-0.2, 0) is 11.3 Å². The lowest BCUT2D eigenvalue weighted by Gasteiger charge is -2.29. The van der Waals surface area contributed by atoms with Crippen LogP contribution in [0.1, 0.15) is 43.7 Å². The Morgan fingerprint density at radius 1 is 1.17 bits per heavy atom. The number of hydrogen-bond acceptors (Lipinski definition) is 3. The molecule has 1 fully saturated rings. The van der Waals surface area contributed by atoms with Crippen molar-refractivity contribution >= 4 is 11.6 Å². The zero-order valence-corrected chi connectivity index (χ0v) is 17.6. The van der Waals surface area contributed by atoms with Crippen molar-refractivity contribution in [2.45, 2.75) is 51.3 Å². The summed E-state index contributed by atoms with van der Waals surface area (Å²) in [5.74, 6) is 0. The predicted octanol–water partition coefficient (Wildman–Crippen LogP) is 4.87. The molecule has 1 aromatic carbocycles. The van der Waals surface area contributed by atoms with Crippen molar-refractivity contribution in [3.63, 3.8) is 0 Å². The third-order valence-electron chi connectivity index (χ3n) is 5.43. The number of benzene rings is 1. The highest BCUT2D eigenvalue weighted by Gasteiger charge is 2.23. The highest BCUT2D eigenvalue weighted by atomic mass is 16.5. The Bertz CT molecular complexity index is 841. The quantitative estimate of drug-likeness (QED) is 0.616. The second-order valence-electron chi connectivity index (χ2n) is 7.64. The number of nitrogens with one attached hydrogen (secondary N) is 2. The van der Waals surface area contributed by atoms with Crippen LogP contribution in [0.5, 0.6) is 0 Å². The van der Waals surface area contributed by atoms with Crippen LogP contribution in [0.3, 0.4) is 0 Å². The van der Waals surface area contributed by atoms with Crippen LogP contribution >= 0.6 is 0 Å². The summed E-state index contributed by atoms with van der Waals surface area (Å²) in [4.78, 5) is 16.2. The van der Waals surface area contributed by atoms with Gasteiger partial charge in [-0.1, -0.05) is 49.1 Å². The minimum absolute atomic E-state index is 0.128. The molecular formula is C25H31N3O2. The van der Waals surface area contributed by atoms with E-state index in [0.717, 1.165) is 42.4 Å². The van der Waals surface area contributed by atoms with Gasteiger partial charge in [-0.05, 0) is 60.9 Å². The van der Waals surface area contributed by atoms with Crippen LogP contribution in [0.15, 0.2) is 73.1 Å². The number of hydrogen-bond donors (Lipinski definition) is 2. The van der Waals surface area contributed by atoms with Gasteiger partial charge in [0.15, 0.2) is 0 Å². The van der Waals surface area contributed by atoms with Crippen LogP contribution in [0.25, 0.3) is 5.57 Å². The van der Waals surface area contributed by atoms with E-state index < -0.39 is 0 Å². The third kappa shape index (κ3) is 6.56. The van der Waals surface area contributed by atoms with Crippen molar-refractivity contribution in [3.05, 3.63) is 84.2 Å². The predicted molar refractivity (Wildman–Crippen MR) is 121 cm³/mol. The van der Waals surface area contributed by atoms with Crippen molar-refractivity contribution in [1.82, 2.24) is 15.6 Å². The van der Waals surface area contributed by atoms with Gasteiger partial charge in [-0.25, -0.2) is 4.79 Å². The molecule has 0 radical (unpaired) electrons. The number of aromatic nitrogens is 1. The number of ether oxygens (including phenoxy) is 1. The van der Waals surface area contributed by atoms with Crippen LogP contribution in [0.4, 0.5) is 4.79 Å². The van der Waals surface area contributed by atoms with Gasteiger partial charge in [0.2, 0.25) is 0 Å². The Hall–Kier alpha value is -2.92. The molecule has 0 saturated heterocycles. The number of carbonyl (C=O) groups is 1. The molecule has 2 aromatic rings. The molecule has 158 valence electrons. The number of pyridine rings is 1. The molecule has 0 bridgehead atoms. The lowest BCUT2D eigenvalue weighted by Crippen LogP contribution is -2.44. The molecular weight excluding hydrogens is 374 g/mol. The molecule has 2 N–H and O–H groups in total. The van der Waals surface area contributed by atoms with E-state index in [9.17, 15) is 4.79 Å². The van der Waals surface area contributed by atoms with E-state index in [0.29, 0.717) is 13.2 Å². The maximum atomic E-state index is 12.1. The lowest BCUT2D eigenvalue weighted by molar-refractivity contribution is 0.0383. The zero-order chi connectivity index (χ0) is 21.2. The number of allylic oxidation sites excluding steroid dienone is 1. The lowest BCUT2D eigenvalue weighted by atomic mass is 9.93. The molecule has 5 nitrogen and oxygen atoms in total. The first kappa shape index (κ1) is 21.8. The van der Waals surface area contributed by atoms with Gasteiger partial charge in [0.1, 0.15) is 0 Å². The van der Waals surface area contributed by atoms with Crippen molar-refractivity contribution in [1.29, 1.82) is 0 Å². The van der Waals surface area contributed by atoms with E-state index in [2.05, 4.69) is 40.4 Å². The van der Waals surface area contributed by atoms with Gasteiger partial charge in [0, 0.05) is 25.0 Å². The molecule has 1 aliphatic rings. The summed E-state index contributed by atoms with van der Waals surface area (Å²) in [6.45, 7) is 7.27. The Morgan fingerprint density at radius 2 is 1.93 bits per heavy atom. The molecule has 0 atom stereocenters. The first-order valence-electron chi connectivity index (χ1n) is 10.6. The van der Waals surface area contributed by atoms with Gasteiger partial charge in [-0.3, -0.25) is 4.98 Å². The first-order chi connectivity index (χ1) is 14.7. The number of nitrogens with zero attached hydrogens (tertiary/aromatic N) is 1. The largest absolute Gasteiger partial charge is 0.374 e. The third-order valence-corrected chi connectivity index (χ3v) is 5.43. The average molecular weight is 406 g/mol. The van der Waals surface area contributed by atoms with E-state index in [4.69, 9.17) is 4.74 Å². The standard InChI is InChI=1S/C25H31N3O2/c1-3-24(21-9-5-4-6-10-21)19(2)18-30-23-13-11-22(12-14-23)28-25(29)27-17-20-8-7-15-26-16-20/h3-10,15-16,22-23H,2,11-14,17-18H2,1H3,(H2,27,28,29). The van der Waals surface area contributed by atoms with Crippen molar-refractivity contribution in [2.75, 3.05) is 6.61 Å². The maximum absolute atomic E-state index is 12.1. The van der Waals surface area contributed by atoms with E-state index in [-0.39, 0.29) is 18.2 Å². The normalized spacial score (nSPS) is 19.2. The molecule has 1 aromatic heterocycles. The van der Waals surface area contributed by atoms with Gasteiger partial charge >= 0.3 is 6.03 Å². The number of amides is 2. The molecule has 1 aliphatic carbocycles. The minimum Gasteiger partial charge on any atom is -0.374 e. The SMILES string of the molecule is C=C(COC1CCC(NC(=O)NCc2cccnc2)CC1)C(=CC)c1ccccc1. The molecule has 1 heterocycles. The van der Waals surface area contributed by atoms with Crippen LogP contribution in [0.2, 0.25) is 0 Å². The van der Waals surface area contributed by atoms with Gasteiger partial charge in [0.25, 0.3) is 0 Å². The average Bonchev–Trinajstić information content (AvgIpc) is 2.79. The number of rotatable bonds is 8. The fourth-order valence-corrected chi connectivity index (χ4v) is 3.78. The smallest absolute Gasteiger partial charge is 0.315 e. The highest BCUT2D eigenvalue weighted by Crippen LogP contribution is 2.25. The van der Waals surface area contributed by atoms with Crippen molar-refractivity contribution < 1.29 is 9.53 Å². The summed E-state index contributed by atoms with van der Waals surface area (Å²) in [6.07, 6.45) is 9.51. The molecule has 5 heteroatoms. The topological polar surface area (TPSA) is 63.2 Å². The van der Waals surface area contributed by atoms with E-state index in [1.165, 1.54) is 5.56 Å². The summed E-state index contributed by atoms with van der Waals surface area (Å²) in [5, 5.41) is 5.96. The van der Waals surface area contributed by atoms with Gasteiger partial charge in [0.05, 0.1) is 12.7 Å². The Kier molecular flexibility index (Phi) is 8.21. The fraction of sp³-hybridized carbons (Fsp3) is 0.360. The van der Waals surface area contributed by atoms with Gasteiger partial charge in [-0.15, -0.1) is 0 Å². The van der Waals surface area contributed by atoms with Gasteiger partial charge < -0.3 is 15.4 Å². The Labute approximate surface area is 179 Å². The highest BCUT2D eigenvalue weighted by molar-refractivity contribution is 5.78. The number of urea groups is 1. The van der Waals surface area contributed by atoms with Crippen LogP contribution < -0.4 is 10.6 Å². The molecule has 30 heavy (non-hydrogen) atoms. The van der Waals surface area contributed by atoms with Gasteiger partial charge in [-0.2, -0.15) is 0 Å². The summed E-state index contributed by atoms with van der Waals surface area (Å²) >= 11 is 0. The monoisotopic (exact) mass is 405 g/mol. The molecule has 0 aliphatic heterocycles. The van der Waals surface area contributed by atoms with E-state index >= 15 is 0 Å². The maximum Gasteiger partial charge on any atom is 0.315 e. The summed E-state index contributed by atoms with van der Waals surface area (Å²) in [6, 6.07) is 14.1. The van der Waals surface area contributed by atoms with Crippen LogP contribution in [0, 0.1) is 0 Å². The van der Waals surface area contributed by atoms with Crippen molar-refractivity contribution in [2.24, 2.45) is 0 Å². The van der Waals surface area contributed by atoms with E-state index in [1.54, 1.807) is 12.4 Å². The molecule has 0 spiro atoms. The molecule has 0 unspecified atom stereocenters. The molecule has 3 rings (SSSR count). The second-order valence-corrected chi connectivity index (χ2v) is 7.64. The fourth-order valence-electron chi connectivity index (χ4n) is 3.78. The molecule has 2 amide bonds. The Morgan fingerprint density at radius 3 is 2.60 bits per heavy atom.